The molecular formula is C19H19F2N3O. The lowest BCUT2D eigenvalue weighted by atomic mass is 9.97. The molecule has 0 saturated carbocycles. The molecule has 1 aromatic carbocycles. The fraction of sp³-hybridized carbons (Fsp3) is 0.263. The van der Waals surface area contributed by atoms with E-state index < -0.39 is 17.7 Å². The van der Waals surface area contributed by atoms with Crippen LogP contribution in [0.3, 0.4) is 0 Å². The molecule has 3 rings (SSSR count). The summed E-state index contributed by atoms with van der Waals surface area (Å²) in [6.45, 7) is 4.23. The van der Waals surface area contributed by atoms with Crippen molar-refractivity contribution < 1.29 is 13.3 Å². The quantitative estimate of drug-likeness (QED) is 0.697. The van der Waals surface area contributed by atoms with Crippen LogP contribution in [0.25, 0.3) is 0 Å². The number of rotatable bonds is 5. The summed E-state index contributed by atoms with van der Waals surface area (Å²) < 4.78 is 33.0. The first-order valence-electron chi connectivity index (χ1n) is 7.94. The van der Waals surface area contributed by atoms with Gasteiger partial charge in [-0.1, -0.05) is 17.3 Å². The van der Waals surface area contributed by atoms with Crippen LogP contribution in [-0.2, 0) is 6.54 Å². The molecule has 130 valence electrons. The van der Waals surface area contributed by atoms with Gasteiger partial charge in [-0.3, -0.25) is 9.88 Å². The molecule has 25 heavy (non-hydrogen) atoms. The fourth-order valence-electron chi connectivity index (χ4n) is 3.00. The first-order chi connectivity index (χ1) is 12.0. The van der Waals surface area contributed by atoms with E-state index in [0.717, 1.165) is 28.6 Å². The zero-order valence-corrected chi connectivity index (χ0v) is 14.3. The van der Waals surface area contributed by atoms with Crippen molar-refractivity contribution in [3.63, 3.8) is 0 Å². The largest absolute Gasteiger partial charge is 0.361 e. The minimum atomic E-state index is -0.598. The van der Waals surface area contributed by atoms with Gasteiger partial charge in [0.15, 0.2) is 0 Å². The van der Waals surface area contributed by atoms with Crippen molar-refractivity contribution in [3.05, 3.63) is 82.5 Å². The lowest BCUT2D eigenvalue weighted by Crippen LogP contribution is -2.26. The number of pyridine rings is 1. The van der Waals surface area contributed by atoms with Crippen molar-refractivity contribution in [3.8, 4) is 0 Å². The Balaban J connectivity index is 2.02. The van der Waals surface area contributed by atoms with Crippen LogP contribution in [0.1, 0.15) is 34.2 Å². The number of hydrogen-bond acceptors (Lipinski definition) is 4. The van der Waals surface area contributed by atoms with Gasteiger partial charge < -0.3 is 4.52 Å². The first-order valence-corrected chi connectivity index (χ1v) is 7.94. The highest BCUT2D eigenvalue weighted by Crippen LogP contribution is 2.31. The normalized spacial score (nSPS) is 12.6. The Morgan fingerprint density at radius 2 is 2.00 bits per heavy atom. The summed E-state index contributed by atoms with van der Waals surface area (Å²) in [5.41, 5.74) is 2.97. The summed E-state index contributed by atoms with van der Waals surface area (Å²) in [7, 11) is 1.88. The van der Waals surface area contributed by atoms with E-state index >= 15 is 0 Å². The SMILES string of the molecule is Cc1noc(C)c1CN(C)[C@H](c1cccnc1)c1ccc(F)cc1F. The molecule has 2 aromatic heterocycles. The molecule has 1 atom stereocenters. The Morgan fingerprint density at radius 3 is 2.60 bits per heavy atom. The van der Waals surface area contributed by atoms with E-state index in [9.17, 15) is 8.78 Å². The lowest BCUT2D eigenvalue weighted by molar-refractivity contribution is 0.262. The third kappa shape index (κ3) is 3.58. The number of hydrogen-bond donors (Lipinski definition) is 0. The number of halogens is 2. The minimum Gasteiger partial charge on any atom is -0.361 e. The van der Waals surface area contributed by atoms with Crippen LogP contribution >= 0.6 is 0 Å². The highest BCUT2D eigenvalue weighted by atomic mass is 19.1. The van der Waals surface area contributed by atoms with E-state index in [-0.39, 0.29) is 0 Å². The van der Waals surface area contributed by atoms with E-state index in [4.69, 9.17) is 4.52 Å². The number of aryl methyl sites for hydroxylation is 2. The maximum absolute atomic E-state index is 14.5. The average molecular weight is 343 g/mol. The van der Waals surface area contributed by atoms with Crippen LogP contribution in [-0.4, -0.2) is 22.1 Å². The Morgan fingerprint density at radius 1 is 1.20 bits per heavy atom. The molecule has 0 N–H and O–H groups in total. The number of nitrogens with zero attached hydrogens (tertiary/aromatic N) is 3. The zero-order valence-electron chi connectivity index (χ0n) is 14.3. The summed E-state index contributed by atoms with van der Waals surface area (Å²) in [5.74, 6) is -0.451. The Hall–Kier alpha value is -2.60. The Bertz CT molecular complexity index is 845. The van der Waals surface area contributed by atoms with E-state index in [2.05, 4.69) is 10.1 Å². The maximum Gasteiger partial charge on any atom is 0.138 e. The minimum absolute atomic E-state index is 0.392. The van der Waals surface area contributed by atoms with Gasteiger partial charge in [-0.15, -0.1) is 0 Å². The molecule has 6 heteroatoms. The molecular weight excluding hydrogens is 324 g/mol. The average Bonchev–Trinajstić information content (AvgIpc) is 2.90. The van der Waals surface area contributed by atoms with Gasteiger partial charge in [-0.2, -0.15) is 0 Å². The van der Waals surface area contributed by atoms with Crippen molar-refractivity contribution in [1.82, 2.24) is 15.0 Å². The topological polar surface area (TPSA) is 42.2 Å². The van der Waals surface area contributed by atoms with Crippen molar-refractivity contribution >= 4 is 0 Å². The highest BCUT2D eigenvalue weighted by Gasteiger charge is 2.25. The predicted octanol–water partition coefficient (Wildman–Crippen LogP) is 4.19. The van der Waals surface area contributed by atoms with Gasteiger partial charge in [0.25, 0.3) is 0 Å². The monoisotopic (exact) mass is 343 g/mol. The highest BCUT2D eigenvalue weighted by molar-refractivity contribution is 5.32. The van der Waals surface area contributed by atoms with E-state index in [1.807, 2.05) is 31.9 Å². The van der Waals surface area contributed by atoms with E-state index in [1.165, 1.54) is 12.1 Å². The van der Waals surface area contributed by atoms with Gasteiger partial charge in [-0.25, -0.2) is 8.78 Å². The molecule has 0 aliphatic heterocycles. The van der Waals surface area contributed by atoms with Crippen LogP contribution < -0.4 is 0 Å². The van der Waals surface area contributed by atoms with Gasteiger partial charge in [0.1, 0.15) is 17.4 Å². The standard InChI is InChI=1S/C19H19F2N3O/c1-12-17(13(2)25-23-12)11-24(3)19(14-5-4-8-22-10-14)16-7-6-15(20)9-18(16)21/h4-10,19H,11H2,1-3H3/t19-/m1/s1. The molecule has 4 nitrogen and oxygen atoms in total. The van der Waals surface area contributed by atoms with Crippen molar-refractivity contribution in [2.24, 2.45) is 0 Å². The molecule has 0 unspecified atom stereocenters. The first kappa shape index (κ1) is 17.2. The van der Waals surface area contributed by atoms with Crippen LogP contribution in [0.5, 0.6) is 0 Å². The lowest BCUT2D eigenvalue weighted by Gasteiger charge is -2.29. The zero-order chi connectivity index (χ0) is 18.0. The number of aromatic nitrogens is 2. The second-order valence-corrected chi connectivity index (χ2v) is 6.07. The molecule has 0 amide bonds. The Labute approximate surface area is 145 Å². The van der Waals surface area contributed by atoms with E-state index in [1.54, 1.807) is 18.5 Å². The fourth-order valence-corrected chi connectivity index (χ4v) is 3.00. The summed E-state index contributed by atoms with van der Waals surface area (Å²) >= 11 is 0. The molecule has 3 aromatic rings. The molecule has 0 radical (unpaired) electrons. The van der Waals surface area contributed by atoms with Gasteiger partial charge in [0, 0.05) is 36.1 Å². The summed E-state index contributed by atoms with van der Waals surface area (Å²) in [4.78, 5) is 6.11. The van der Waals surface area contributed by atoms with Crippen molar-refractivity contribution in [2.45, 2.75) is 26.4 Å². The van der Waals surface area contributed by atoms with Crippen molar-refractivity contribution in [2.75, 3.05) is 7.05 Å². The second kappa shape index (κ2) is 7.11. The molecule has 0 fully saturated rings. The van der Waals surface area contributed by atoms with Crippen LogP contribution in [0.2, 0.25) is 0 Å². The van der Waals surface area contributed by atoms with Gasteiger partial charge >= 0.3 is 0 Å². The molecule has 2 heterocycles. The third-order valence-electron chi connectivity index (χ3n) is 4.29. The molecule has 0 aliphatic rings. The van der Waals surface area contributed by atoms with Crippen LogP contribution in [0, 0.1) is 25.5 Å². The summed E-state index contributed by atoms with van der Waals surface area (Å²) in [5, 5.41) is 3.97. The summed E-state index contributed by atoms with van der Waals surface area (Å²) in [6.07, 6.45) is 3.35. The molecule has 0 saturated heterocycles. The molecule has 0 bridgehead atoms. The van der Waals surface area contributed by atoms with Gasteiger partial charge in [0.2, 0.25) is 0 Å². The van der Waals surface area contributed by atoms with Gasteiger partial charge in [0.05, 0.1) is 11.7 Å². The third-order valence-corrected chi connectivity index (χ3v) is 4.29. The van der Waals surface area contributed by atoms with Crippen molar-refractivity contribution in [1.29, 1.82) is 0 Å². The second-order valence-electron chi connectivity index (χ2n) is 6.07. The number of benzene rings is 1. The molecule has 0 aliphatic carbocycles. The van der Waals surface area contributed by atoms with E-state index in [0.29, 0.717) is 12.1 Å². The molecule has 0 spiro atoms. The smallest absolute Gasteiger partial charge is 0.138 e. The van der Waals surface area contributed by atoms with Crippen LogP contribution in [0.15, 0.2) is 47.2 Å². The maximum atomic E-state index is 14.5. The van der Waals surface area contributed by atoms with Crippen LogP contribution in [0.4, 0.5) is 8.78 Å². The Kier molecular flexibility index (Phi) is 4.90. The van der Waals surface area contributed by atoms with Gasteiger partial charge in [-0.05, 0) is 38.6 Å². The summed E-state index contributed by atoms with van der Waals surface area (Å²) in [6, 6.07) is 6.92. The predicted molar refractivity (Wildman–Crippen MR) is 89.9 cm³/mol.